The molecule has 6 rings (SSSR count). The lowest BCUT2D eigenvalue weighted by atomic mass is 10.0. The quantitative estimate of drug-likeness (QED) is 0.130. The van der Waals surface area contributed by atoms with Gasteiger partial charge in [-0.1, -0.05) is 201 Å². The Morgan fingerprint density at radius 1 is 0.592 bits per heavy atom. The third-order valence-electron chi connectivity index (χ3n) is 10.7. The summed E-state index contributed by atoms with van der Waals surface area (Å²) in [6.07, 6.45) is 10.5. The van der Waals surface area contributed by atoms with Crippen molar-refractivity contribution in [2.24, 2.45) is 23.5 Å². The van der Waals surface area contributed by atoms with Crippen LogP contribution >= 0.6 is 11.6 Å². The first-order valence-electron chi connectivity index (χ1n) is 25.5. The standard InChI is InChI=1S/C11H13N.C10H13Cl.2C10H13F.C10H14.C8H14.C6H11NO/c1-8(2)10-6-9-4-3-5-11(9)12-7-10;1-7(2)9-4-5-10(11)8(3)6-9;1-7(2)9-4-8(3)5-10(11)6-9;1-7(2)9-4-5-10(11)8(3)6-9;1-8(2)10-6-4-5-9(3)7-10;1-7(2)5-6-8(3)4;1-5(2)3-4-6(7)8/h3-4,6-8H,5H2,1-2H3;3*4-7H,1-3H3;4-8H,1-3H3;7-8H,1-4H3;3-5H,1-2H3,(H2,7,8)/b;;;;;;4-3+. The smallest absolute Gasteiger partial charge is 0.241 e. The van der Waals surface area contributed by atoms with Crippen LogP contribution in [0.25, 0.3) is 6.08 Å². The van der Waals surface area contributed by atoms with Gasteiger partial charge in [-0.25, -0.2) is 8.78 Å². The highest BCUT2D eigenvalue weighted by Gasteiger charge is 2.08. The highest BCUT2D eigenvalue weighted by atomic mass is 35.5. The zero-order chi connectivity index (χ0) is 54.5. The van der Waals surface area contributed by atoms with E-state index < -0.39 is 0 Å². The Hall–Kier alpha value is -5.31. The van der Waals surface area contributed by atoms with Gasteiger partial charge in [-0.3, -0.25) is 9.78 Å². The molecule has 0 saturated heterocycles. The summed E-state index contributed by atoms with van der Waals surface area (Å²) in [6, 6.07) is 27.5. The third-order valence-corrected chi connectivity index (χ3v) is 11.2. The van der Waals surface area contributed by atoms with E-state index in [1.54, 1.807) is 25.1 Å². The van der Waals surface area contributed by atoms with Crippen LogP contribution in [0.3, 0.4) is 0 Å². The van der Waals surface area contributed by atoms with E-state index in [1.165, 1.54) is 51.2 Å². The van der Waals surface area contributed by atoms with Gasteiger partial charge >= 0.3 is 0 Å². The number of primary amides is 1. The number of nitrogens with zero attached hydrogens (tertiary/aromatic N) is 1. The van der Waals surface area contributed by atoms with Crippen molar-refractivity contribution in [3.05, 3.63) is 187 Å². The van der Waals surface area contributed by atoms with E-state index in [2.05, 4.69) is 175 Å². The lowest BCUT2D eigenvalue weighted by molar-refractivity contribution is -0.113. The number of hydrogen-bond donors (Lipinski definition) is 1. The molecule has 0 bridgehead atoms. The van der Waals surface area contributed by atoms with Gasteiger partial charge in [-0.15, -0.1) is 11.8 Å². The van der Waals surface area contributed by atoms with Crippen molar-refractivity contribution in [3.8, 4) is 11.8 Å². The fraction of sp³-hybridized carbons (Fsp3) is 0.446. The number of carbonyl (C=O) groups excluding carboxylic acids is 1. The van der Waals surface area contributed by atoms with E-state index in [0.717, 1.165) is 33.7 Å². The summed E-state index contributed by atoms with van der Waals surface area (Å²) in [5.41, 5.74) is 18.0. The van der Waals surface area contributed by atoms with E-state index in [4.69, 9.17) is 17.3 Å². The molecule has 0 aliphatic heterocycles. The van der Waals surface area contributed by atoms with Crippen molar-refractivity contribution < 1.29 is 13.6 Å². The van der Waals surface area contributed by atoms with Crippen LogP contribution in [-0.2, 0) is 11.2 Å². The maximum absolute atomic E-state index is 12.8. The fourth-order valence-electron chi connectivity index (χ4n) is 6.26. The normalized spacial score (nSPS) is 11.0. The number of fused-ring (bicyclic) bond motifs is 1. The number of aryl methyl sites for hydroxylation is 4. The van der Waals surface area contributed by atoms with Crippen molar-refractivity contribution in [1.29, 1.82) is 0 Å². The largest absolute Gasteiger partial charge is 0.366 e. The van der Waals surface area contributed by atoms with Crippen LogP contribution < -0.4 is 5.73 Å². The predicted molar refractivity (Wildman–Crippen MR) is 308 cm³/mol. The molecule has 71 heavy (non-hydrogen) atoms. The summed E-state index contributed by atoms with van der Waals surface area (Å²) < 4.78 is 25.6. The Bertz CT molecular complexity index is 2360. The Balaban J connectivity index is 0.000000810. The first-order valence-corrected chi connectivity index (χ1v) is 25.9. The molecule has 5 aromatic rings. The van der Waals surface area contributed by atoms with Crippen molar-refractivity contribution >= 4 is 23.6 Å². The summed E-state index contributed by atoms with van der Waals surface area (Å²) in [5, 5.41) is 0.856. The second kappa shape index (κ2) is 34.9. The molecule has 0 saturated carbocycles. The lowest BCUT2D eigenvalue weighted by Gasteiger charge is -2.06. The van der Waals surface area contributed by atoms with Crippen LogP contribution in [-0.4, -0.2) is 10.9 Å². The predicted octanol–water partition coefficient (Wildman–Crippen LogP) is 19.2. The fourth-order valence-corrected chi connectivity index (χ4v) is 6.37. The van der Waals surface area contributed by atoms with Crippen molar-refractivity contribution in [2.75, 3.05) is 0 Å². The topological polar surface area (TPSA) is 56.0 Å². The minimum absolute atomic E-state index is 0.116. The summed E-state index contributed by atoms with van der Waals surface area (Å²) in [5.74, 6) is 9.73. The van der Waals surface area contributed by atoms with Crippen LogP contribution in [0.5, 0.6) is 0 Å². The average Bonchev–Trinajstić information content (AvgIpc) is 3.76. The highest BCUT2D eigenvalue weighted by Crippen LogP contribution is 2.23. The number of allylic oxidation sites excluding steroid dienone is 2. The Morgan fingerprint density at radius 3 is 1.49 bits per heavy atom. The number of benzene rings is 4. The van der Waals surface area contributed by atoms with Crippen LogP contribution in [0.2, 0.25) is 5.02 Å². The monoisotopic (exact) mass is 989 g/mol. The Labute approximate surface area is 437 Å². The Morgan fingerprint density at radius 2 is 1.08 bits per heavy atom. The molecule has 1 aromatic heterocycles. The second-order valence-corrected chi connectivity index (χ2v) is 21.2. The molecule has 6 heteroatoms. The van der Waals surface area contributed by atoms with Crippen molar-refractivity contribution in [3.63, 3.8) is 0 Å². The van der Waals surface area contributed by atoms with Gasteiger partial charge in [0.05, 0.1) is 5.69 Å². The minimum Gasteiger partial charge on any atom is -0.366 e. The minimum atomic E-state index is -0.376. The molecule has 1 aliphatic carbocycles. The molecule has 0 unspecified atom stereocenters. The summed E-state index contributed by atoms with van der Waals surface area (Å²) in [6.45, 7) is 41.8. The summed E-state index contributed by atoms with van der Waals surface area (Å²) in [4.78, 5) is 14.5. The van der Waals surface area contributed by atoms with Crippen LogP contribution in [0.4, 0.5) is 8.78 Å². The molecular formula is C65H91ClF2N2O. The van der Waals surface area contributed by atoms with Gasteiger partial charge in [0.25, 0.3) is 0 Å². The summed E-state index contributed by atoms with van der Waals surface area (Å²) in [7, 11) is 0. The first kappa shape index (κ1) is 65.7. The molecule has 0 atom stereocenters. The first-order chi connectivity index (χ1) is 33.0. The van der Waals surface area contributed by atoms with Gasteiger partial charge in [0.1, 0.15) is 11.6 Å². The van der Waals surface area contributed by atoms with E-state index in [-0.39, 0.29) is 17.5 Å². The van der Waals surface area contributed by atoms with Crippen LogP contribution in [0, 0.1) is 68.9 Å². The number of nitrogens with two attached hydrogens (primary N) is 1. The van der Waals surface area contributed by atoms with Crippen LogP contribution in [0.1, 0.15) is 202 Å². The Kier molecular flexibility index (Phi) is 32.3. The molecule has 4 aromatic carbocycles. The highest BCUT2D eigenvalue weighted by molar-refractivity contribution is 6.31. The van der Waals surface area contributed by atoms with E-state index in [9.17, 15) is 13.6 Å². The molecule has 388 valence electrons. The number of aromatic nitrogens is 1. The molecule has 0 radical (unpaired) electrons. The maximum atomic E-state index is 12.8. The lowest BCUT2D eigenvalue weighted by Crippen LogP contribution is -2.05. The van der Waals surface area contributed by atoms with E-state index >= 15 is 0 Å². The number of halogens is 3. The zero-order valence-corrected chi connectivity index (χ0v) is 48.1. The van der Waals surface area contributed by atoms with Gasteiger partial charge in [-0.05, 0) is 150 Å². The molecular weight excluding hydrogens is 898 g/mol. The molecule has 0 fully saturated rings. The molecule has 3 nitrogen and oxygen atoms in total. The van der Waals surface area contributed by atoms with Crippen molar-refractivity contribution in [1.82, 2.24) is 4.98 Å². The number of carbonyl (C=O) groups is 1. The number of pyridine rings is 1. The van der Waals surface area contributed by atoms with Gasteiger partial charge in [0.2, 0.25) is 5.91 Å². The van der Waals surface area contributed by atoms with E-state index in [0.29, 0.717) is 47.3 Å². The average molecular weight is 990 g/mol. The van der Waals surface area contributed by atoms with E-state index in [1.807, 2.05) is 58.2 Å². The van der Waals surface area contributed by atoms with Gasteiger partial charge < -0.3 is 5.73 Å². The van der Waals surface area contributed by atoms with Crippen LogP contribution in [0.15, 0.2) is 109 Å². The molecule has 1 aliphatic rings. The zero-order valence-electron chi connectivity index (χ0n) is 47.4. The number of amides is 1. The number of rotatable bonds is 7. The third kappa shape index (κ3) is 30.2. The molecule has 1 heterocycles. The summed E-state index contributed by atoms with van der Waals surface area (Å²) >= 11 is 5.89. The SMILES string of the molecule is CC(C)/C=C/C(N)=O.CC(C)C#CC(C)C.CC(C)c1cnc2c(c1)C=CC2.Cc1cc(C(C)C)ccc1Cl.Cc1cc(C(C)C)ccc1F.Cc1cc(F)cc(C(C)C)c1.Cc1cccc(C(C)C)c1. The van der Waals surface area contributed by atoms with Crippen molar-refractivity contribution in [2.45, 2.75) is 174 Å². The van der Waals surface area contributed by atoms with Gasteiger partial charge in [-0.2, -0.15) is 0 Å². The van der Waals surface area contributed by atoms with Gasteiger partial charge in [0.15, 0.2) is 0 Å². The molecule has 2 N–H and O–H groups in total. The van der Waals surface area contributed by atoms with Gasteiger partial charge in [0, 0.05) is 29.5 Å². The molecule has 1 amide bonds. The second-order valence-electron chi connectivity index (χ2n) is 20.8. The number of hydrogen-bond acceptors (Lipinski definition) is 2. The maximum Gasteiger partial charge on any atom is 0.241 e. The molecule has 0 spiro atoms.